The third-order valence-electron chi connectivity index (χ3n) is 4.12. The van der Waals surface area contributed by atoms with Crippen molar-refractivity contribution in [3.8, 4) is 0 Å². The molecule has 0 heterocycles. The number of nitrogens with one attached hydrogen (secondary N) is 3. The Morgan fingerprint density at radius 2 is 1.16 bits per heavy atom. The number of hydrogen-bond acceptors (Lipinski definition) is 0. The minimum Gasteiger partial charge on any atom is -0.273 e. The van der Waals surface area contributed by atoms with E-state index < -0.39 is 0 Å². The first kappa shape index (κ1) is 16.8. The molecule has 0 aliphatic rings. The Hall–Kier alpha value is -3.07. The summed E-state index contributed by atoms with van der Waals surface area (Å²) in [6, 6.07) is 26.9. The van der Waals surface area contributed by atoms with Gasteiger partial charge in [-0.3, -0.25) is 4.99 Å². The number of aryl methyl sites for hydroxylation is 2. The lowest BCUT2D eigenvalue weighted by Gasteiger charge is -2.09. The summed E-state index contributed by atoms with van der Waals surface area (Å²) in [5, 5.41) is 6.98. The first-order chi connectivity index (χ1) is 12.2. The summed E-state index contributed by atoms with van der Waals surface area (Å²) in [4.78, 5) is 3.48. The van der Waals surface area contributed by atoms with E-state index in [2.05, 4.69) is 78.0 Å². The van der Waals surface area contributed by atoms with E-state index in [1.54, 1.807) is 0 Å². The second kappa shape index (κ2) is 8.15. The maximum atomic E-state index is 3.49. The van der Waals surface area contributed by atoms with Crippen LogP contribution in [0.25, 0.3) is 0 Å². The largest absolute Gasteiger partial charge is 0.353 e. The van der Waals surface area contributed by atoms with E-state index in [0.29, 0.717) is 0 Å². The minimum atomic E-state index is 0.744. The molecular formula is C22H24N3+. The Bertz CT molecular complexity index is 804. The average molecular weight is 330 g/mol. The van der Waals surface area contributed by atoms with Crippen LogP contribution in [0.2, 0.25) is 0 Å². The summed E-state index contributed by atoms with van der Waals surface area (Å²) >= 11 is 0. The van der Waals surface area contributed by atoms with Crippen molar-refractivity contribution in [3.05, 3.63) is 95.6 Å². The van der Waals surface area contributed by atoms with Crippen molar-refractivity contribution in [2.24, 2.45) is 0 Å². The van der Waals surface area contributed by atoms with E-state index in [1.807, 2.05) is 30.3 Å². The minimum absolute atomic E-state index is 0.744. The van der Waals surface area contributed by atoms with Gasteiger partial charge in [0.25, 0.3) is 0 Å². The molecule has 3 heteroatoms. The van der Waals surface area contributed by atoms with Crippen LogP contribution in [0.5, 0.6) is 0 Å². The third kappa shape index (κ3) is 4.70. The van der Waals surface area contributed by atoms with Crippen molar-refractivity contribution in [1.82, 2.24) is 0 Å². The smallest absolute Gasteiger partial charge is 0.273 e. The molecule has 3 nitrogen and oxygen atoms in total. The van der Waals surface area contributed by atoms with Gasteiger partial charge in [-0.2, -0.15) is 0 Å². The number of benzene rings is 3. The molecule has 0 saturated heterocycles. The lowest BCUT2D eigenvalue weighted by molar-refractivity contribution is -0.475. The lowest BCUT2D eigenvalue weighted by Crippen LogP contribution is -2.75. The topological polar surface area (TPSA) is 38.0 Å². The van der Waals surface area contributed by atoms with Gasteiger partial charge in [-0.1, -0.05) is 66.7 Å². The molecule has 0 aromatic heterocycles. The zero-order valence-electron chi connectivity index (χ0n) is 14.7. The molecule has 3 aromatic carbocycles. The van der Waals surface area contributed by atoms with Crippen molar-refractivity contribution in [3.63, 3.8) is 0 Å². The maximum Gasteiger partial charge on any atom is 0.353 e. The molecule has 3 N–H and O–H groups in total. The molecule has 25 heavy (non-hydrogen) atoms. The van der Waals surface area contributed by atoms with Crippen LogP contribution in [-0.2, 0) is 6.54 Å². The van der Waals surface area contributed by atoms with Gasteiger partial charge < -0.3 is 0 Å². The quantitative estimate of drug-likeness (QED) is 0.506. The van der Waals surface area contributed by atoms with Crippen LogP contribution >= 0.6 is 0 Å². The fraction of sp³-hybridized carbons (Fsp3) is 0.136. The van der Waals surface area contributed by atoms with Gasteiger partial charge in [0.1, 0.15) is 11.4 Å². The normalized spacial score (nSPS) is 10.2. The molecule has 3 rings (SSSR count). The highest BCUT2D eigenvalue weighted by atomic mass is 15.2. The molecule has 0 aliphatic heterocycles. The first-order valence-corrected chi connectivity index (χ1v) is 8.52. The standard InChI is InChI=1S/C22H23N3/c1-17-10-6-8-14-20(17)24-22(23-16-19-12-4-3-5-13-19)25-21-15-9-7-11-18(21)2/h3-15H,16H2,1-2H3,(H2,23,24,25)/p+1. The highest BCUT2D eigenvalue weighted by Crippen LogP contribution is 2.15. The van der Waals surface area contributed by atoms with Crippen molar-refractivity contribution >= 4 is 17.3 Å². The van der Waals surface area contributed by atoms with Crippen LogP contribution in [0.3, 0.4) is 0 Å². The van der Waals surface area contributed by atoms with E-state index in [4.69, 9.17) is 0 Å². The number of hydrogen-bond donors (Lipinski definition) is 3. The van der Waals surface area contributed by atoms with Crippen molar-refractivity contribution in [2.75, 3.05) is 10.6 Å². The number of guanidine groups is 1. The molecule has 0 bridgehead atoms. The molecule has 0 fully saturated rings. The van der Waals surface area contributed by atoms with E-state index in [0.717, 1.165) is 23.9 Å². The van der Waals surface area contributed by atoms with E-state index >= 15 is 0 Å². The Balaban J connectivity index is 1.85. The molecule has 0 atom stereocenters. The molecule has 0 unspecified atom stereocenters. The predicted octanol–water partition coefficient (Wildman–Crippen LogP) is 3.46. The molecule has 0 aliphatic carbocycles. The summed E-state index contributed by atoms with van der Waals surface area (Å²) < 4.78 is 0. The molecular weight excluding hydrogens is 306 g/mol. The van der Waals surface area contributed by atoms with Gasteiger partial charge in [-0.05, 0) is 42.7 Å². The molecule has 0 radical (unpaired) electrons. The van der Waals surface area contributed by atoms with Gasteiger partial charge in [-0.15, -0.1) is 0 Å². The summed E-state index contributed by atoms with van der Waals surface area (Å²) in [6.07, 6.45) is 0. The summed E-state index contributed by atoms with van der Waals surface area (Å²) in [6.45, 7) is 4.95. The van der Waals surface area contributed by atoms with Crippen LogP contribution in [0.15, 0.2) is 78.9 Å². The van der Waals surface area contributed by atoms with Gasteiger partial charge >= 0.3 is 5.96 Å². The first-order valence-electron chi connectivity index (χ1n) is 8.52. The number of rotatable bonds is 4. The Morgan fingerprint density at radius 3 is 1.68 bits per heavy atom. The van der Waals surface area contributed by atoms with Crippen LogP contribution < -0.4 is 15.6 Å². The van der Waals surface area contributed by atoms with E-state index in [-0.39, 0.29) is 0 Å². The third-order valence-corrected chi connectivity index (χ3v) is 4.12. The number of para-hydroxylation sites is 2. The van der Waals surface area contributed by atoms with Crippen LogP contribution in [-0.4, -0.2) is 5.96 Å². The van der Waals surface area contributed by atoms with Crippen molar-refractivity contribution in [1.29, 1.82) is 0 Å². The van der Waals surface area contributed by atoms with Crippen LogP contribution in [0, 0.1) is 13.8 Å². The molecule has 0 amide bonds. The van der Waals surface area contributed by atoms with Crippen molar-refractivity contribution < 1.29 is 4.99 Å². The highest BCUT2D eigenvalue weighted by molar-refractivity contribution is 6.00. The predicted molar refractivity (Wildman–Crippen MR) is 106 cm³/mol. The van der Waals surface area contributed by atoms with E-state index in [1.165, 1.54) is 16.7 Å². The van der Waals surface area contributed by atoms with Gasteiger partial charge in [0.2, 0.25) is 0 Å². The highest BCUT2D eigenvalue weighted by Gasteiger charge is 2.11. The SMILES string of the molecule is Cc1ccccc1NC(Nc1ccccc1C)=[NH+]Cc1ccccc1. The fourth-order valence-corrected chi connectivity index (χ4v) is 2.60. The monoisotopic (exact) mass is 330 g/mol. The van der Waals surface area contributed by atoms with Crippen molar-refractivity contribution in [2.45, 2.75) is 20.4 Å². The molecule has 0 saturated carbocycles. The zero-order valence-corrected chi connectivity index (χ0v) is 14.7. The summed E-state index contributed by atoms with van der Waals surface area (Å²) in [7, 11) is 0. The van der Waals surface area contributed by atoms with Gasteiger partial charge in [0, 0.05) is 0 Å². The lowest BCUT2D eigenvalue weighted by atomic mass is 10.2. The Labute approximate surface area is 149 Å². The van der Waals surface area contributed by atoms with E-state index in [9.17, 15) is 0 Å². The molecule has 3 aromatic rings. The van der Waals surface area contributed by atoms with Gasteiger partial charge in [-0.25, -0.2) is 10.6 Å². The van der Waals surface area contributed by atoms with Crippen LogP contribution in [0.1, 0.15) is 16.7 Å². The summed E-state index contributed by atoms with van der Waals surface area (Å²) in [5.41, 5.74) is 5.80. The molecule has 126 valence electrons. The average Bonchev–Trinajstić information content (AvgIpc) is 2.64. The zero-order chi connectivity index (χ0) is 17.5. The summed E-state index contributed by atoms with van der Waals surface area (Å²) in [5.74, 6) is 0.868. The Morgan fingerprint density at radius 1 is 0.680 bits per heavy atom. The van der Waals surface area contributed by atoms with Crippen LogP contribution in [0.4, 0.5) is 11.4 Å². The fourth-order valence-electron chi connectivity index (χ4n) is 2.60. The second-order valence-corrected chi connectivity index (χ2v) is 6.09. The second-order valence-electron chi connectivity index (χ2n) is 6.09. The maximum absolute atomic E-state index is 3.49. The van der Waals surface area contributed by atoms with Gasteiger partial charge in [0.05, 0.1) is 6.54 Å². The number of anilines is 2. The molecule has 0 spiro atoms. The Kier molecular flexibility index (Phi) is 5.47. The van der Waals surface area contributed by atoms with Gasteiger partial charge in [0.15, 0.2) is 0 Å².